The van der Waals surface area contributed by atoms with Gasteiger partial charge < -0.3 is 4.90 Å². The maximum atomic E-state index is 13.1. The van der Waals surface area contributed by atoms with Crippen molar-refractivity contribution in [3.05, 3.63) is 66.6 Å². The van der Waals surface area contributed by atoms with E-state index in [1.165, 1.54) is 16.2 Å². The molecule has 0 aromatic carbocycles. The van der Waals surface area contributed by atoms with Crippen LogP contribution in [0.5, 0.6) is 0 Å². The normalized spacial score (nSPS) is 17.0. The number of imidazole rings is 1. The SMILES string of the molecule is FC(F)(F)c1cn2c(-c3nccc(N4CCC(c5cccnc5)C4)n3)cnc2cn1. The summed E-state index contributed by atoms with van der Waals surface area (Å²) in [5.74, 6) is 1.39. The first-order valence-electron chi connectivity index (χ1n) is 9.37. The van der Waals surface area contributed by atoms with Gasteiger partial charge in [-0.05, 0) is 24.1 Å². The number of pyridine rings is 1. The monoisotopic (exact) mass is 411 g/mol. The molecule has 4 aromatic rings. The molecule has 0 aliphatic carbocycles. The van der Waals surface area contributed by atoms with Crippen LogP contribution in [0.2, 0.25) is 0 Å². The highest BCUT2D eigenvalue weighted by Gasteiger charge is 2.33. The summed E-state index contributed by atoms with van der Waals surface area (Å²) in [4.78, 5) is 22.8. The Hall–Kier alpha value is -3.56. The Labute approximate surface area is 169 Å². The van der Waals surface area contributed by atoms with E-state index in [0.29, 0.717) is 23.1 Å². The van der Waals surface area contributed by atoms with Crippen LogP contribution in [-0.4, -0.2) is 42.4 Å². The molecule has 30 heavy (non-hydrogen) atoms. The minimum Gasteiger partial charge on any atom is -0.356 e. The number of rotatable bonds is 3. The van der Waals surface area contributed by atoms with E-state index in [2.05, 4.69) is 35.9 Å². The van der Waals surface area contributed by atoms with Gasteiger partial charge in [0.2, 0.25) is 0 Å². The summed E-state index contributed by atoms with van der Waals surface area (Å²) in [5, 5.41) is 0. The molecule has 1 aliphatic heterocycles. The molecule has 1 saturated heterocycles. The summed E-state index contributed by atoms with van der Waals surface area (Å²) < 4.78 is 40.5. The fourth-order valence-electron chi connectivity index (χ4n) is 3.71. The van der Waals surface area contributed by atoms with E-state index in [-0.39, 0.29) is 0 Å². The molecule has 5 rings (SSSR count). The van der Waals surface area contributed by atoms with Crippen molar-refractivity contribution < 1.29 is 13.2 Å². The smallest absolute Gasteiger partial charge is 0.356 e. The second-order valence-corrected chi connectivity index (χ2v) is 7.10. The molecule has 1 fully saturated rings. The third-order valence-corrected chi connectivity index (χ3v) is 5.22. The summed E-state index contributed by atoms with van der Waals surface area (Å²) in [6.07, 6.45) is 5.14. The predicted molar refractivity (Wildman–Crippen MR) is 103 cm³/mol. The molecule has 1 aliphatic rings. The van der Waals surface area contributed by atoms with Crippen molar-refractivity contribution >= 4 is 11.5 Å². The van der Waals surface area contributed by atoms with Crippen LogP contribution in [0.15, 0.2) is 55.4 Å². The van der Waals surface area contributed by atoms with E-state index in [1.54, 1.807) is 18.5 Å². The Morgan fingerprint density at radius 1 is 1.00 bits per heavy atom. The summed E-state index contributed by atoms with van der Waals surface area (Å²) in [6.45, 7) is 1.61. The molecule has 0 radical (unpaired) electrons. The summed E-state index contributed by atoms with van der Waals surface area (Å²) in [6, 6.07) is 5.80. The molecular weight excluding hydrogens is 395 g/mol. The Kier molecular flexibility index (Phi) is 4.34. The lowest BCUT2D eigenvalue weighted by Crippen LogP contribution is -2.20. The summed E-state index contributed by atoms with van der Waals surface area (Å²) in [7, 11) is 0. The highest BCUT2D eigenvalue weighted by atomic mass is 19.4. The maximum Gasteiger partial charge on any atom is 0.434 e. The van der Waals surface area contributed by atoms with Gasteiger partial charge in [0.25, 0.3) is 0 Å². The van der Waals surface area contributed by atoms with E-state index in [0.717, 1.165) is 37.7 Å². The minimum atomic E-state index is -4.55. The number of nitrogens with zero attached hydrogens (tertiary/aromatic N) is 7. The third-order valence-electron chi connectivity index (χ3n) is 5.22. The lowest BCUT2D eigenvalue weighted by Gasteiger charge is -2.18. The number of fused-ring (bicyclic) bond motifs is 1. The van der Waals surface area contributed by atoms with Gasteiger partial charge in [0.15, 0.2) is 17.2 Å². The zero-order valence-electron chi connectivity index (χ0n) is 15.7. The third kappa shape index (κ3) is 3.34. The molecule has 152 valence electrons. The van der Waals surface area contributed by atoms with Crippen molar-refractivity contribution in [1.29, 1.82) is 0 Å². The zero-order chi connectivity index (χ0) is 20.7. The van der Waals surface area contributed by atoms with E-state index in [4.69, 9.17) is 0 Å². The van der Waals surface area contributed by atoms with Crippen molar-refractivity contribution in [1.82, 2.24) is 29.3 Å². The largest absolute Gasteiger partial charge is 0.434 e. The van der Waals surface area contributed by atoms with Gasteiger partial charge in [-0.25, -0.2) is 19.9 Å². The Morgan fingerprint density at radius 2 is 1.90 bits per heavy atom. The van der Waals surface area contributed by atoms with Crippen LogP contribution in [0.1, 0.15) is 23.6 Å². The Morgan fingerprint density at radius 3 is 2.70 bits per heavy atom. The Bertz CT molecular complexity index is 1190. The van der Waals surface area contributed by atoms with E-state index < -0.39 is 11.9 Å². The molecule has 7 nitrogen and oxygen atoms in total. The molecule has 5 heterocycles. The lowest BCUT2D eigenvalue weighted by atomic mass is 10.0. The molecule has 10 heteroatoms. The van der Waals surface area contributed by atoms with Crippen LogP contribution in [0.3, 0.4) is 0 Å². The second-order valence-electron chi connectivity index (χ2n) is 7.10. The molecule has 0 amide bonds. The molecule has 4 aromatic heterocycles. The highest BCUT2D eigenvalue weighted by molar-refractivity contribution is 5.58. The maximum absolute atomic E-state index is 13.1. The van der Waals surface area contributed by atoms with E-state index >= 15 is 0 Å². The van der Waals surface area contributed by atoms with Gasteiger partial charge in [0.05, 0.1) is 12.4 Å². The van der Waals surface area contributed by atoms with Gasteiger partial charge in [-0.1, -0.05) is 6.07 Å². The van der Waals surface area contributed by atoms with Crippen LogP contribution in [0.4, 0.5) is 19.0 Å². The van der Waals surface area contributed by atoms with Gasteiger partial charge in [0, 0.05) is 43.8 Å². The Balaban J connectivity index is 1.46. The first kappa shape index (κ1) is 18.5. The van der Waals surface area contributed by atoms with E-state index in [1.807, 2.05) is 12.3 Å². The van der Waals surface area contributed by atoms with Crippen molar-refractivity contribution in [2.75, 3.05) is 18.0 Å². The zero-order valence-corrected chi connectivity index (χ0v) is 15.7. The first-order chi connectivity index (χ1) is 14.5. The average molecular weight is 411 g/mol. The van der Waals surface area contributed by atoms with Gasteiger partial charge >= 0.3 is 6.18 Å². The fraction of sp³-hybridized carbons (Fsp3) is 0.250. The first-order valence-corrected chi connectivity index (χ1v) is 9.37. The van der Waals surface area contributed by atoms with Crippen molar-refractivity contribution in [2.24, 2.45) is 0 Å². The molecule has 1 unspecified atom stereocenters. The van der Waals surface area contributed by atoms with Gasteiger partial charge in [-0.2, -0.15) is 13.2 Å². The van der Waals surface area contributed by atoms with Gasteiger partial charge in [0.1, 0.15) is 11.5 Å². The van der Waals surface area contributed by atoms with E-state index in [9.17, 15) is 13.2 Å². The number of hydrogen-bond donors (Lipinski definition) is 0. The van der Waals surface area contributed by atoms with Crippen LogP contribution >= 0.6 is 0 Å². The topological polar surface area (TPSA) is 72.1 Å². The predicted octanol–water partition coefficient (Wildman–Crippen LogP) is 3.59. The van der Waals surface area contributed by atoms with Gasteiger partial charge in [-0.15, -0.1) is 0 Å². The highest BCUT2D eigenvalue weighted by Crippen LogP contribution is 2.31. The van der Waals surface area contributed by atoms with Crippen molar-refractivity contribution in [3.8, 4) is 11.5 Å². The molecular formula is C20H16F3N7. The van der Waals surface area contributed by atoms with Crippen LogP contribution in [0, 0.1) is 0 Å². The number of halogens is 3. The number of hydrogen-bond acceptors (Lipinski definition) is 6. The van der Waals surface area contributed by atoms with Crippen LogP contribution in [0.25, 0.3) is 17.2 Å². The van der Waals surface area contributed by atoms with Crippen molar-refractivity contribution in [3.63, 3.8) is 0 Å². The second kappa shape index (κ2) is 7.05. The van der Waals surface area contributed by atoms with Crippen molar-refractivity contribution in [2.45, 2.75) is 18.5 Å². The quantitative estimate of drug-likeness (QED) is 0.513. The average Bonchev–Trinajstić information content (AvgIpc) is 3.41. The number of alkyl halides is 3. The standard InChI is InChI=1S/C20H16F3N7/c21-20(22,23)16-12-30-15(9-27-18(30)10-26-16)19-25-6-3-17(28-19)29-7-4-14(11-29)13-2-1-5-24-8-13/h1-3,5-6,8-10,12,14H,4,7,11H2. The molecule has 0 N–H and O–H groups in total. The number of aromatic nitrogens is 6. The van der Waals surface area contributed by atoms with Crippen LogP contribution < -0.4 is 4.90 Å². The lowest BCUT2D eigenvalue weighted by molar-refractivity contribution is -0.141. The molecule has 0 saturated carbocycles. The summed E-state index contributed by atoms with van der Waals surface area (Å²) >= 11 is 0. The minimum absolute atomic E-state index is 0.296. The molecule has 1 atom stereocenters. The number of anilines is 1. The molecule has 0 bridgehead atoms. The van der Waals surface area contributed by atoms with Crippen LogP contribution in [-0.2, 0) is 6.18 Å². The molecule has 0 spiro atoms. The summed E-state index contributed by atoms with van der Waals surface area (Å²) in [5.41, 5.74) is 0.861. The van der Waals surface area contributed by atoms with Gasteiger partial charge in [-0.3, -0.25) is 9.38 Å². The fourth-order valence-corrected chi connectivity index (χ4v) is 3.71.